The van der Waals surface area contributed by atoms with Gasteiger partial charge in [0, 0.05) is 6.61 Å². The van der Waals surface area contributed by atoms with Crippen molar-refractivity contribution in [2.75, 3.05) is 6.61 Å². The maximum Gasteiger partial charge on any atom is 0.0716 e. The Morgan fingerprint density at radius 3 is 1.82 bits per heavy atom. The van der Waals surface area contributed by atoms with Crippen LogP contribution < -0.4 is 0 Å². The lowest BCUT2D eigenvalue weighted by molar-refractivity contribution is 0.121. The van der Waals surface area contributed by atoms with Crippen LogP contribution in [0.2, 0.25) is 0 Å². The molecule has 0 heterocycles. The molecule has 1 saturated carbocycles. The molecule has 0 amide bonds. The minimum absolute atomic E-state index is 0.738. The average molecular weight is 461 g/mol. The third-order valence-corrected chi connectivity index (χ3v) is 7.44. The van der Waals surface area contributed by atoms with Crippen molar-refractivity contribution >= 4 is 0 Å². The standard InChI is InChI=1S/C33H48O/c1-3-5-6-9-28-12-16-31(17-13-28)20-21-32-18-14-29(15-19-32)10-7-8-11-30-22-24-33(25-23-30)27-34-26-4-2/h6,9,14-15,18-19,22-25,28,31H,3-5,7-8,10-13,16-17,20-21,26-27H2,1-2H3/t28-,31-. The zero-order valence-corrected chi connectivity index (χ0v) is 21.9. The van der Waals surface area contributed by atoms with Crippen LogP contribution in [0.5, 0.6) is 0 Å². The van der Waals surface area contributed by atoms with Gasteiger partial charge in [-0.05, 0) is 111 Å². The largest absolute Gasteiger partial charge is 0.377 e. The molecule has 1 heteroatoms. The van der Waals surface area contributed by atoms with E-state index in [9.17, 15) is 0 Å². The number of allylic oxidation sites excluding steroid dienone is 2. The zero-order valence-electron chi connectivity index (χ0n) is 21.9. The molecule has 2 aromatic rings. The van der Waals surface area contributed by atoms with Gasteiger partial charge in [0.2, 0.25) is 0 Å². The molecule has 0 aliphatic heterocycles. The molecule has 0 bridgehead atoms. The van der Waals surface area contributed by atoms with Gasteiger partial charge in [-0.3, -0.25) is 0 Å². The number of hydrogen-bond acceptors (Lipinski definition) is 1. The predicted molar refractivity (Wildman–Crippen MR) is 147 cm³/mol. The van der Waals surface area contributed by atoms with Gasteiger partial charge in [-0.2, -0.15) is 0 Å². The summed E-state index contributed by atoms with van der Waals surface area (Å²) < 4.78 is 5.63. The van der Waals surface area contributed by atoms with E-state index in [4.69, 9.17) is 4.74 Å². The van der Waals surface area contributed by atoms with E-state index >= 15 is 0 Å². The molecule has 0 saturated heterocycles. The quantitative estimate of drug-likeness (QED) is 0.190. The van der Waals surface area contributed by atoms with E-state index in [2.05, 4.69) is 74.5 Å². The van der Waals surface area contributed by atoms with Crippen LogP contribution in [0.25, 0.3) is 0 Å². The molecule has 2 aromatic carbocycles. The Balaban J connectivity index is 1.28. The predicted octanol–water partition coefficient (Wildman–Crippen LogP) is 9.27. The average Bonchev–Trinajstić information content (AvgIpc) is 2.88. The summed E-state index contributed by atoms with van der Waals surface area (Å²) in [6, 6.07) is 18.5. The highest BCUT2D eigenvalue weighted by Crippen LogP contribution is 2.32. The number of unbranched alkanes of at least 4 members (excludes halogenated alkanes) is 2. The summed E-state index contributed by atoms with van der Waals surface area (Å²) in [5.74, 6) is 1.79. The third kappa shape index (κ3) is 10.2. The van der Waals surface area contributed by atoms with E-state index in [0.29, 0.717) is 0 Å². The lowest BCUT2D eigenvalue weighted by atomic mass is 9.79. The van der Waals surface area contributed by atoms with Crippen LogP contribution in [-0.4, -0.2) is 6.61 Å². The number of rotatable bonds is 15. The van der Waals surface area contributed by atoms with Crippen LogP contribution in [-0.2, 0) is 30.6 Å². The van der Waals surface area contributed by atoms with Crippen LogP contribution in [0.1, 0.15) is 100 Å². The van der Waals surface area contributed by atoms with Crippen LogP contribution in [0.15, 0.2) is 60.7 Å². The van der Waals surface area contributed by atoms with Gasteiger partial charge in [0.1, 0.15) is 0 Å². The van der Waals surface area contributed by atoms with Gasteiger partial charge in [-0.15, -0.1) is 0 Å². The number of ether oxygens (including phenoxy) is 1. The summed E-state index contributed by atoms with van der Waals surface area (Å²) in [5, 5.41) is 0. The lowest BCUT2D eigenvalue weighted by Gasteiger charge is -2.26. The summed E-state index contributed by atoms with van der Waals surface area (Å²) in [4.78, 5) is 0. The molecule has 1 aliphatic rings. The molecule has 0 unspecified atom stereocenters. The van der Waals surface area contributed by atoms with Crippen molar-refractivity contribution in [2.45, 2.75) is 104 Å². The van der Waals surface area contributed by atoms with Crippen molar-refractivity contribution in [1.29, 1.82) is 0 Å². The van der Waals surface area contributed by atoms with Gasteiger partial charge >= 0.3 is 0 Å². The van der Waals surface area contributed by atoms with Crippen LogP contribution >= 0.6 is 0 Å². The smallest absolute Gasteiger partial charge is 0.0716 e. The van der Waals surface area contributed by atoms with E-state index in [1.54, 1.807) is 0 Å². The van der Waals surface area contributed by atoms with Crippen molar-refractivity contribution in [2.24, 2.45) is 11.8 Å². The highest BCUT2D eigenvalue weighted by Gasteiger charge is 2.19. The summed E-state index contributed by atoms with van der Waals surface area (Å²) in [7, 11) is 0. The Labute approximate surface area is 210 Å². The molecule has 0 N–H and O–H groups in total. The second-order valence-corrected chi connectivity index (χ2v) is 10.4. The minimum Gasteiger partial charge on any atom is -0.377 e. The molecule has 0 aromatic heterocycles. The third-order valence-electron chi connectivity index (χ3n) is 7.44. The maximum absolute atomic E-state index is 5.63. The second kappa shape index (κ2) is 15.9. The molecule has 186 valence electrons. The highest BCUT2D eigenvalue weighted by atomic mass is 16.5. The van der Waals surface area contributed by atoms with Crippen LogP contribution in [0, 0.1) is 11.8 Å². The minimum atomic E-state index is 0.738. The first-order valence-electron chi connectivity index (χ1n) is 14.2. The van der Waals surface area contributed by atoms with Gasteiger partial charge in [0.05, 0.1) is 6.61 Å². The Hall–Kier alpha value is -1.86. The van der Waals surface area contributed by atoms with Crippen LogP contribution in [0.3, 0.4) is 0 Å². The number of aryl methyl sites for hydroxylation is 3. The van der Waals surface area contributed by atoms with E-state index in [-0.39, 0.29) is 0 Å². The highest BCUT2D eigenvalue weighted by molar-refractivity contribution is 5.24. The normalized spacial score (nSPS) is 18.5. The summed E-state index contributed by atoms with van der Waals surface area (Å²) in [6.45, 7) is 6.00. The van der Waals surface area contributed by atoms with Gasteiger partial charge in [-0.25, -0.2) is 0 Å². The lowest BCUT2D eigenvalue weighted by Crippen LogP contribution is -2.13. The van der Waals surface area contributed by atoms with Crippen molar-refractivity contribution in [3.8, 4) is 0 Å². The monoisotopic (exact) mass is 460 g/mol. The van der Waals surface area contributed by atoms with Gasteiger partial charge in [0.25, 0.3) is 0 Å². The first kappa shape index (κ1) is 26.7. The van der Waals surface area contributed by atoms with Gasteiger partial charge in [-0.1, -0.05) is 81.0 Å². The molecule has 1 nitrogen and oxygen atoms in total. The molecule has 0 atom stereocenters. The summed E-state index contributed by atoms with van der Waals surface area (Å²) in [5.41, 5.74) is 5.74. The van der Waals surface area contributed by atoms with E-state index in [0.717, 1.165) is 31.5 Å². The molecular weight excluding hydrogens is 412 g/mol. The molecule has 0 spiro atoms. The topological polar surface area (TPSA) is 9.23 Å². The van der Waals surface area contributed by atoms with E-state index in [1.165, 1.54) is 99.3 Å². The molecule has 1 aliphatic carbocycles. The maximum atomic E-state index is 5.63. The van der Waals surface area contributed by atoms with Crippen LogP contribution in [0.4, 0.5) is 0 Å². The molecule has 3 rings (SSSR count). The molecular formula is C33H48O. The van der Waals surface area contributed by atoms with Crippen molar-refractivity contribution in [1.82, 2.24) is 0 Å². The first-order valence-corrected chi connectivity index (χ1v) is 14.2. The fourth-order valence-electron chi connectivity index (χ4n) is 5.16. The van der Waals surface area contributed by atoms with E-state index < -0.39 is 0 Å². The molecule has 1 fully saturated rings. The second-order valence-electron chi connectivity index (χ2n) is 10.4. The zero-order chi connectivity index (χ0) is 23.8. The van der Waals surface area contributed by atoms with Crippen molar-refractivity contribution in [3.05, 3.63) is 82.9 Å². The van der Waals surface area contributed by atoms with Crippen molar-refractivity contribution in [3.63, 3.8) is 0 Å². The van der Waals surface area contributed by atoms with Crippen molar-refractivity contribution < 1.29 is 4.74 Å². The molecule has 0 radical (unpaired) electrons. The number of benzene rings is 2. The Morgan fingerprint density at radius 1 is 0.706 bits per heavy atom. The van der Waals surface area contributed by atoms with Gasteiger partial charge < -0.3 is 4.74 Å². The molecule has 34 heavy (non-hydrogen) atoms. The van der Waals surface area contributed by atoms with Gasteiger partial charge in [0.15, 0.2) is 0 Å². The Morgan fingerprint density at radius 2 is 1.26 bits per heavy atom. The van der Waals surface area contributed by atoms with E-state index in [1.807, 2.05) is 0 Å². The fraction of sp³-hybridized carbons (Fsp3) is 0.576. The Bertz CT molecular complexity index is 793. The fourth-order valence-corrected chi connectivity index (χ4v) is 5.16. The number of hydrogen-bond donors (Lipinski definition) is 0. The first-order chi connectivity index (χ1) is 16.8. The SMILES string of the molecule is CCCC=C[C@H]1CC[C@H](CCc2ccc(CCCCc3ccc(COCCC)cc3)cc2)CC1. The summed E-state index contributed by atoms with van der Waals surface area (Å²) >= 11 is 0. The Kier molecular flexibility index (Phi) is 12.5. The summed E-state index contributed by atoms with van der Waals surface area (Å²) in [6.07, 6.45) is 21.7.